The minimum atomic E-state index is -0.0554. The van der Waals surface area contributed by atoms with Crippen molar-refractivity contribution in [3.63, 3.8) is 0 Å². The predicted octanol–water partition coefficient (Wildman–Crippen LogP) is 3.09. The number of carbonyl (C=O) groups is 1. The fraction of sp³-hybridized carbons (Fsp3) is 0.444. The second-order valence-electron chi connectivity index (χ2n) is 6.22. The molecule has 2 N–H and O–H groups in total. The highest BCUT2D eigenvalue weighted by molar-refractivity contribution is 5.88. The van der Waals surface area contributed by atoms with Gasteiger partial charge in [-0.05, 0) is 31.4 Å². The average Bonchev–Trinajstić information content (AvgIpc) is 2.96. The van der Waals surface area contributed by atoms with Crippen molar-refractivity contribution < 1.29 is 4.79 Å². The van der Waals surface area contributed by atoms with Gasteiger partial charge in [-0.3, -0.25) is 10.00 Å². The number of aromatic nitrogens is 2. The number of benzene rings is 1. The molecule has 3 rings (SSSR count). The van der Waals surface area contributed by atoms with Crippen molar-refractivity contribution in [3.8, 4) is 0 Å². The quantitative estimate of drug-likeness (QED) is 0.907. The first-order valence-electron chi connectivity index (χ1n) is 8.56. The summed E-state index contributed by atoms with van der Waals surface area (Å²) in [5.41, 5.74) is 2.08. The van der Waals surface area contributed by atoms with Crippen molar-refractivity contribution in [1.29, 1.82) is 0 Å². The lowest BCUT2D eigenvalue weighted by atomic mass is 10.1. The monoisotopic (exact) mass is 327 g/mol. The van der Waals surface area contributed by atoms with Crippen molar-refractivity contribution in [2.75, 3.05) is 23.7 Å². The number of para-hydroxylation sites is 1. The zero-order valence-electron chi connectivity index (χ0n) is 14.3. The molecule has 0 bridgehead atoms. The predicted molar refractivity (Wildman–Crippen MR) is 96.3 cm³/mol. The van der Waals surface area contributed by atoms with Crippen LogP contribution in [0.2, 0.25) is 0 Å². The van der Waals surface area contributed by atoms with Gasteiger partial charge < -0.3 is 10.2 Å². The molecular formula is C18H25N5O. The second kappa shape index (κ2) is 7.38. The van der Waals surface area contributed by atoms with E-state index in [2.05, 4.69) is 34.8 Å². The molecule has 1 aromatic carbocycles. The van der Waals surface area contributed by atoms with Gasteiger partial charge in [-0.25, -0.2) is 4.79 Å². The van der Waals surface area contributed by atoms with Crippen molar-refractivity contribution >= 4 is 17.5 Å². The van der Waals surface area contributed by atoms with Crippen LogP contribution in [0.1, 0.15) is 25.5 Å². The standard InChI is InChI=1S/C18H25N5O/c1-3-14-12-17(22(2)21-14)20-18(24)23-11-7-10-16(13-23)19-15-8-5-4-6-9-15/h4-6,8-9,12,16,19H,3,7,10-11,13H2,1-2H3,(H,20,24)/t16-/m0/s1. The first kappa shape index (κ1) is 16.4. The van der Waals surface area contributed by atoms with Gasteiger partial charge in [0, 0.05) is 37.9 Å². The Balaban J connectivity index is 1.59. The van der Waals surface area contributed by atoms with Crippen LogP contribution in [0.4, 0.5) is 16.3 Å². The zero-order valence-corrected chi connectivity index (χ0v) is 14.3. The Morgan fingerprint density at radius 3 is 2.83 bits per heavy atom. The largest absolute Gasteiger partial charge is 0.381 e. The fourth-order valence-corrected chi connectivity index (χ4v) is 3.05. The number of likely N-dealkylation sites (tertiary alicyclic amines) is 1. The summed E-state index contributed by atoms with van der Waals surface area (Å²) in [6, 6.07) is 12.3. The van der Waals surface area contributed by atoms with Crippen LogP contribution in [0.5, 0.6) is 0 Å². The van der Waals surface area contributed by atoms with E-state index in [0.717, 1.165) is 43.0 Å². The Bertz CT molecular complexity index is 682. The van der Waals surface area contributed by atoms with Crippen LogP contribution in [0.3, 0.4) is 0 Å². The lowest BCUT2D eigenvalue weighted by Crippen LogP contribution is -2.47. The van der Waals surface area contributed by atoms with Gasteiger partial charge in [0.2, 0.25) is 0 Å². The maximum Gasteiger partial charge on any atom is 0.323 e. The van der Waals surface area contributed by atoms with Gasteiger partial charge in [-0.2, -0.15) is 5.10 Å². The highest BCUT2D eigenvalue weighted by Gasteiger charge is 2.24. The van der Waals surface area contributed by atoms with Crippen molar-refractivity contribution in [1.82, 2.24) is 14.7 Å². The van der Waals surface area contributed by atoms with Gasteiger partial charge in [-0.15, -0.1) is 0 Å². The Morgan fingerprint density at radius 1 is 1.33 bits per heavy atom. The molecule has 0 spiro atoms. The molecule has 1 atom stereocenters. The van der Waals surface area contributed by atoms with E-state index in [1.54, 1.807) is 4.68 Å². The molecule has 0 saturated carbocycles. The highest BCUT2D eigenvalue weighted by atomic mass is 16.2. The first-order chi connectivity index (χ1) is 11.7. The number of hydrogen-bond donors (Lipinski definition) is 2. The lowest BCUT2D eigenvalue weighted by molar-refractivity contribution is 0.195. The van der Waals surface area contributed by atoms with Crippen LogP contribution in [-0.2, 0) is 13.5 Å². The van der Waals surface area contributed by atoms with E-state index in [-0.39, 0.29) is 12.1 Å². The van der Waals surface area contributed by atoms with E-state index in [4.69, 9.17) is 0 Å². The number of amides is 2. The third-order valence-corrected chi connectivity index (χ3v) is 4.38. The molecule has 128 valence electrons. The second-order valence-corrected chi connectivity index (χ2v) is 6.22. The van der Waals surface area contributed by atoms with E-state index in [9.17, 15) is 4.79 Å². The molecule has 1 aliphatic rings. The number of nitrogens with one attached hydrogen (secondary N) is 2. The van der Waals surface area contributed by atoms with Crippen molar-refractivity contribution in [2.24, 2.45) is 7.05 Å². The molecule has 6 nitrogen and oxygen atoms in total. The lowest BCUT2D eigenvalue weighted by Gasteiger charge is -2.33. The Kier molecular flexibility index (Phi) is 5.03. The molecule has 2 amide bonds. The van der Waals surface area contributed by atoms with E-state index < -0.39 is 0 Å². The number of nitrogens with zero attached hydrogens (tertiary/aromatic N) is 3. The normalized spacial score (nSPS) is 17.6. The van der Waals surface area contributed by atoms with Gasteiger partial charge in [0.15, 0.2) is 0 Å². The minimum Gasteiger partial charge on any atom is -0.381 e. The van der Waals surface area contributed by atoms with Crippen LogP contribution in [-0.4, -0.2) is 39.8 Å². The molecular weight excluding hydrogens is 302 g/mol. The maximum atomic E-state index is 12.6. The molecule has 1 saturated heterocycles. The number of rotatable bonds is 4. The van der Waals surface area contributed by atoms with Gasteiger partial charge in [0.1, 0.15) is 5.82 Å². The molecule has 1 aliphatic heterocycles. The van der Waals surface area contributed by atoms with Crippen molar-refractivity contribution in [2.45, 2.75) is 32.2 Å². The summed E-state index contributed by atoms with van der Waals surface area (Å²) in [7, 11) is 1.85. The number of carbonyl (C=O) groups excluding carboxylic acids is 1. The van der Waals surface area contributed by atoms with Gasteiger partial charge in [0.25, 0.3) is 0 Å². The first-order valence-corrected chi connectivity index (χ1v) is 8.56. The average molecular weight is 327 g/mol. The summed E-state index contributed by atoms with van der Waals surface area (Å²) in [5, 5.41) is 10.9. The third-order valence-electron chi connectivity index (χ3n) is 4.38. The molecule has 2 heterocycles. The molecule has 1 aromatic heterocycles. The van der Waals surface area contributed by atoms with Crippen LogP contribution < -0.4 is 10.6 Å². The molecule has 24 heavy (non-hydrogen) atoms. The molecule has 2 aromatic rings. The summed E-state index contributed by atoms with van der Waals surface area (Å²) in [4.78, 5) is 14.4. The minimum absolute atomic E-state index is 0.0554. The molecule has 0 radical (unpaired) electrons. The third kappa shape index (κ3) is 3.88. The summed E-state index contributed by atoms with van der Waals surface area (Å²) in [6.45, 7) is 3.55. The van der Waals surface area contributed by atoms with E-state index >= 15 is 0 Å². The Labute approximate surface area is 142 Å². The molecule has 0 unspecified atom stereocenters. The summed E-state index contributed by atoms with van der Waals surface area (Å²) < 4.78 is 1.72. The SMILES string of the molecule is CCc1cc(NC(=O)N2CCC[C@H](Nc3ccccc3)C2)n(C)n1. The van der Waals surface area contributed by atoms with Crippen LogP contribution in [0.15, 0.2) is 36.4 Å². The fourth-order valence-electron chi connectivity index (χ4n) is 3.05. The zero-order chi connectivity index (χ0) is 16.9. The number of anilines is 2. The van der Waals surface area contributed by atoms with Crippen LogP contribution in [0.25, 0.3) is 0 Å². The number of aryl methyl sites for hydroxylation is 2. The Hall–Kier alpha value is -2.50. The van der Waals surface area contributed by atoms with Gasteiger partial charge in [-0.1, -0.05) is 25.1 Å². The molecule has 6 heteroatoms. The van der Waals surface area contributed by atoms with E-state index in [0.29, 0.717) is 6.54 Å². The van der Waals surface area contributed by atoms with Crippen LogP contribution in [0, 0.1) is 0 Å². The smallest absolute Gasteiger partial charge is 0.323 e. The molecule has 1 fully saturated rings. The van der Waals surface area contributed by atoms with E-state index in [1.165, 1.54) is 0 Å². The number of urea groups is 1. The van der Waals surface area contributed by atoms with Gasteiger partial charge >= 0.3 is 6.03 Å². The highest BCUT2D eigenvalue weighted by Crippen LogP contribution is 2.17. The Morgan fingerprint density at radius 2 is 2.12 bits per heavy atom. The number of hydrogen-bond acceptors (Lipinski definition) is 3. The van der Waals surface area contributed by atoms with E-state index in [1.807, 2.05) is 36.2 Å². The topological polar surface area (TPSA) is 62.2 Å². The summed E-state index contributed by atoms with van der Waals surface area (Å²) >= 11 is 0. The maximum absolute atomic E-state index is 12.6. The number of piperidine rings is 1. The molecule has 0 aliphatic carbocycles. The van der Waals surface area contributed by atoms with Crippen molar-refractivity contribution in [3.05, 3.63) is 42.1 Å². The summed E-state index contributed by atoms with van der Waals surface area (Å²) in [6.07, 6.45) is 2.93. The summed E-state index contributed by atoms with van der Waals surface area (Å²) in [5.74, 6) is 0.745. The van der Waals surface area contributed by atoms with Crippen LogP contribution >= 0.6 is 0 Å². The van der Waals surface area contributed by atoms with Gasteiger partial charge in [0.05, 0.1) is 5.69 Å².